The standard InChI is InChI=1S/C23H23NO5/c1-14-19(22(25)26)21(20(15(2)24-14)23(27)28-3)17-10-7-11-18(12-17)29-13-16-8-5-4-6-9-16/h4-12,21,24H,13H2,1-3H3,(H,25,26). The lowest BCUT2D eigenvalue weighted by Crippen LogP contribution is -2.31. The number of esters is 1. The number of carbonyl (C=O) groups is 2. The summed E-state index contributed by atoms with van der Waals surface area (Å²) in [6.07, 6.45) is 0. The summed E-state index contributed by atoms with van der Waals surface area (Å²) in [5.41, 5.74) is 3.11. The molecule has 0 spiro atoms. The number of dihydropyridines is 1. The maximum Gasteiger partial charge on any atom is 0.336 e. The zero-order valence-corrected chi connectivity index (χ0v) is 16.6. The van der Waals surface area contributed by atoms with Gasteiger partial charge in [-0.1, -0.05) is 42.5 Å². The van der Waals surface area contributed by atoms with Crippen LogP contribution in [0.15, 0.2) is 77.1 Å². The molecule has 0 saturated heterocycles. The van der Waals surface area contributed by atoms with Crippen LogP contribution in [0.25, 0.3) is 0 Å². The van der Waals surface area contributed by atoms with E-state index >= 15 is 0 Å². The van der Waals surface area contributed by atoms with E-state index in [1.807, 2.05) is 30.3 Å². The molecule has 6 heteroatoms. The molecule has 2 N–H and O–H groups in total. The predicted molar refractivity (Wildman–Crippen MR) is 108 cm³/mol. The van der Waals surface area contributed by atoms with Crippen LogP contribution >= 0.6 is 0 Å². The molecule has 6 nitrogen and oxygen atoms in total. The van der Waals surface area contributed by atoms with Crippen molar-refractivity contribution in [2.45, 2.75) is 26.4 Å². The minimum atomic E-state index is -1.09. The summed E-state index contributed by atoms with van der Waals surface area (Å²) in [4.78, 5) is 24.5. The minimum Gasteiger partial charge on any atom is -0.489 e. The highest BCUT2D eigenvalue weighted by Gasteiger charge is 2.37. The van der Waals surface area contributed by atoms with Gasteiger partial charge >= 0.3 is 11.9 Å². The van der Waals surface area contributed by atoms with Gasteiger partial charge in [0.05, 0.1) is 24.2 Å². The first-order valence-corrected chi connectivity index (χ1v) is 9.19. The summed E-state index contributed by atoms with van der Waals surface area (Å²) in [6, 6.07) is 16.9. The normalized spacial score (nSPS) is 16.3. The number of nitrogens with one attached hydrogen (secondary N) is 1. The largest absolute Gasteiger partial charge is 0.489 e. The minimum absolute atomic E-state index is 0.108. The zero-order chi connectivity index (χ0) is 21.0. The van der Waals surface area contributed by atoms with E-state index in [9.17, 15) is 14.7 Å². The number of hydrogen-bond donors (Lipinski definition) is 2. The summed E-state index contributed by atoms with van der Waals surface area (Å²) < 4.78 is 10.8. The highest BCUT2D eigenvalue weighted by atomic mass is 16.5. The number of rotatable bonds is 6. The lowest BCUT2D eigenvalue weighted by molar-refractivity contribution is -0.136. The number of ether oxygens (including phenoxy) is 2. The van der Waals surface area contributed by atoms with Gasteiger partial charge in [0.25, 0.3) is 0 Å². The molecule has 0 aliphatic carbocycles. The number of methoxy groups -OCH3 is 1. The second-order valence-corrected chi connectivity index (χ2v) is 6.78. The fourth-order valence-corrected chi connectivity index (χ4v) is 3.52. The Kier molecular flexibility index (Phi) is 6.02. The van der Waals surface area contributed by atoms with Crippen LogP contribution in [0.4, 0.5) is 0 Å². The van der Waals surface area contributed by atoms with E-state index in [1.54, 1.807) is 38.1 Å². The molecule has 1 aliphatic rings. The molecule has 0 amide bonds. The maximum atomic E-state index is 12.5. The van der Waals surface area contributed by atoms with Crippen LogP contribution in [0.2, 0.25) is 0 Å². The van der Waals surface area contributed by atoms with Crippen LogP contribution in [0, 0.1) is 0 Å². The molecule has 0 saturated carbocycles. The van der Waals surface area contributed by atoms with Gasteiger partial charge in [0.2, 0.25) is 0 Å². The molecule has 3 rings (SSSR count). The van der Waals surface area contributed by atoms with Crippen molar-refractivity contribution in [2.24, 2.45) is 0 Å². The third-order valence-corrected chi connectivity index (χ3v) is 4.84. The topological polar surface area (TPSA) is 84.9 Å². The van der Waals surface area contributed by atoms with E-state index in [-0.39, 0.29) is 11.1 Å². The van der Waals surface area contributed by atoms with Gasteiger partial charge < -0.3 is 19.9 Å². The quantitative estimate of drug-likeness (QED) is 0.727. The predicted octanol–water partition coefficient (Wildman–Crippen LogP) is 3.76. The van der Waals surface area contributed by atoms with E-state index in [0.29, 0.717) is 29.3 Å². The summed E-state index contributed by atoms with van der Waals surface area (Å²) in [7, 11) is 1.28. The first kappa shape index (κ1) is 20.2. The summed E-state index contributed by atoms with van der Waals surface area (Å²) in [5.74, 6) is -1.83. The van der Waals surface area contributed by atoms with Crippen molar-refractivity contribution in [3.8, 4) is 5.75 Å². The Labute approximate surface area is 169 Å². The van der Waals surface area contributed by atoms with Crippen LogP contribution in [0.5, 0.6) is 5.75 Å². The van der Waals surface area contributed by atoms with Gasteiger partial charge in [0, 0.05) is 11.4 Å². The van der Waals surface area contributed by atoms with Gasteiger partial charge in [-0.25, -0.2) is 9.59 Å². The molecule has 0 fully saturated rings. The second kappa shape index (κ2) is 8.65. The lowest BCUT2D eigenvalue weighted by atomic mass is 9.80. The Bertz CT molecular complexity index is 991. The Morgan fingerprint density at radius 2 is 1.69 bits per heavy atom. The third kappa shape index (κ3) is 4.32. The highest BCUT2D eigenvalue weighted by molar-refractivity contribution is 5.99. The van der Waals surface area contributed by atoms with Crippen molar-refractivity contribution < 1.29 is 24.2 Å². The van der Waals surface area contributed by atoms with Crippen LogP contribution in [0.3, 0.4) is 0 Å². The number of carboxylic acids is 1. The molecule has 1 aliphatic heterocycles. The van der Waals surface area contributed by atoms with Crippen LogP contribution in [-0.2, 0) is 20.9 Å². The Hall–Kier alpha value is -3.54. The molecule has 1 atom stereocenters. The first-order valence-electron chi connectivity index (χ1n) is 9.19. The molecule has 0 aromatic heterocycles. The smallest absolute Gasteiger partial charge is 0.336 e. The third-order valence-electron chi connectivity index (χ3n) is 4.84. The van der Waals surface area contributed by atoms with Crippen molar-refractivity contribution in [2.75, 3.05) is 7.11 Å². The van der Waals surface area contributed by atoms with Gasteiger partial charge in [-0.05, 0) is 37.1 Å². The van der Waals surface area contributed by atoms with Gasteiger partial charge in [-0.2, -0.15) is 0 Å². The first-order chi connectivity index (χ1) is 13.9. The molecule has 0 radical (unpaired) electrons. The van der Waals surface area contributed by atoms with E-state index in [0.717, 1.165) is 5.56 Å². The number of allylic oxidation sites excluding steroid dienone is 2. The molecule has 1 heterocycles. The molecule has 1 unspecified atom stereocenters. The van der Waals surface area contributed by atoms with Crippen molar-refractivity contribution in [1.82, 2.24) is 5.32 Å². The molecular weight excluding hydrogens is 370 g/mol. The number of benzene rings is 2. The molecule has 0 bridgehead atoms. The Morgan fingerprint density at radius 3 is 2.34 bits per heavy atom. The molecule has 150 valence electrons. The summed E-state index contributed by atoms with van der Waals surface area (Å²) in [5, 5.41) is 12.8. The van der Waals surface area contributed by atoms with Crippen molar-refractivity contribution in [3.05, 3.63) is 88.3 Å². The molecular formula is C23H23NO5. The average molecular weight is 393 g/mol. The number of aliphatic carboxylic acids is 1. The van der Waals surface area contributed by atoms with Gasteiger partial charge in [0.15, 0.2) is 0 Å². The van der Waals surface area contributed by atoms with Crippen LogP contribution in [0.1, 0.15) is 30.9 Å². The van der Waals surface area contributed by atoms with Gasteiger partial charge in [-0.15, -0.1) is 0 Å². The monoisotopic (exact) mass is 393 g/mol. The van der Waals surface area contributed by atoms with Gasteiger partial charge in [-0.3, -0.25) is 0 Å². The molecule has 2 aromatic carbocycles. The Morgan fingerprint density at radius 1 is 1.00 bits per heavy atom. The van der Waals surface area contributed by atoms with E-state index < -0.39 is 17.9 Å². The van der Waals surface area contributed by atoms with Crippen molar-refractivity contribution in [3.63, 3.8) is 0 Å². The number of carbonyl (C=O) groups excluding carboxylic acids is 1. The van der Waals surface area contributed by atoms with Crippen LogP contribution < -0.4 is 10.1 Å². The molecule has 29 heavy (non-hydrogen) atoms. The van der Waals surface area contributed by atoms with E-state index in [2.05, 4.69) is 5.32 Å². The lowest BCUT2D eigenvalue weighted by Gasteiger charge is -2.29. The van der Waals surface area contributed by atoms with Crippen LogP contribution in [-0.4, -0.2) is 24.2 Å². The van der Waals surface area contributed by atoms with Gasteiger partial charge in [0.1, 0.15) is 12.4 Å². The number of carboxylic acid groups (broad SMARTS) is 1. The van der Waals surface area contributed by atoms with E-state index in [1.165, 1.54) is 7.11 Å². The maximum absolute atomic E-state index is 12.5. The zero-order valence-electron chi connectivity index (χ0n) is 16.6. The van der Waals surface area contributed by atoms with Crippen molar-refractivity contribution in [1.29, 1.82) is 0 Å². The summed E-state index contributed by atoms with van der Waals surface area (Å²) in [6.45, 7) is 3.80. The second-order valence-electron chi connectivity index (χ2n) is 6.78. The highest BCUT2D eigenvalue weighted by Crippen LogP contribution is 2.39. The fraction of sp³-hybridized carbons (Fsp3) is 0.217. The SMILES string of the molecule is COC(=O)C1=C(C)NC(C)=C(C(=O)O)C1c1cccc(OCc2ccccc2)c1. The number of hydrogen-bond acceptors (Lipinski definition) is 5. The molecule has 2 aromatic rings. The van der Waals surface area contributed by atoms with E-state index in [4.69, 9.17) is 9.47 Å². The summed E-state index contributed by atoms with van der Waals surface area (Å²) >= 11 is 0. The fourth-order valence-electron chi connectivity index (χ4n) is 3.52. The average Bonchev–Trinajstić information content (AvgIpc) is 2.72. The van der Waals surface area contributed by atoms with Crippen molar-refractivity contribution >= 4 is 11.9 Å². The Balaban J connectivity index is 1.99.